The van der Waals surface area contributed by atoms with Crippen LogP contribution in [0, 0.1) is 17.3 Å². The molecule has 0 saturated carbocycles. The molecule has 2 heterocycles. The number of halogens is 3. The van der Waals surface area contributed by atoms with E-state index in [-0.39, 0.29) is 23.6 Å². The Balaban J connectivity index is 1.47. The lowest BCUT2D eigenvalue weighted by Gasteiger charge is -2.15. The highest BCUT2D eigenvalue weighted by Gasteiger charge is 2.30. The van der Waals surface area contributed by atoms with Crippen molar-refractivity contribution < 1.29 is 22.4 Å². The number of amides is 1. The van der Waals surface area contributed by atoms with Crippen LogP contribution >= 0.6 is 11.8 Å². The molecule has 1 unspecified atom stereocenters. The number of alkyl halides is 3. The smallest absolute Gasteiger partial charge is 0.414 e. The summed E-state index contributed by atoms with van der Waals surface area (Å²) in [6.45, 7) is 6.12. The highest BCUT2D eigenvalue weighted by molar-refractivity contribution is 7.99. The molecule has 40 heavy (non-hydrogen) atoms. The van der Waals surface area contributed by atoms with Gasteiger partial charge in [0.1, 0.15) is 6.04 Å². The minimum Gasteiger partial charge on any atom is -0.414 e. The zero-order valence-corrected chi connectivity index (χ0v) is 23.1. The first-order valence-electron chi connectivity index (χ1n) is 12.6. The number of aromatic nitrogens is 3. The summed E-state index contributed by atoms with van der Waals surface area (Å²) in [6.07, 6.45) is 1.40. The summed E-state index contributed by atoms with van der Waals surface area (Å²) >= 11 is 1.35. The average molecular weight is 567 g/mol. The van der Waals surface area contributed by atoms with Crippen LogP contribution in [0.15, 0.2) is 76.5 Å². The van der Waals surface area contributed by atoms with Crippen LogP contribution in [0.2, 0.25) is 0 Å². The van der Waals surface area contributed by atoms with Crippen molar-refractivity contribution in [1.82, 2.24) is 20.5 Å². The topological polar surface area (TPSA) is 83.8 Å². The van der Waals surface area contributed by atoms with Crippen molar-refractivity contribution in [3.8, 4) is 11.8 Å². The lowest BCUT2D eigenvalue weighted by molar-refractivity contribution is -0.137. The summed E-state index contributed by atoms with van der Waals surface area (Å²) in [5.74, 6) is 6.58. The summed E-state index contributed by atoms with van der Waals surface area (Å²) < 4.78 is 44.6. The maximum absolute atomic E-state index is 13.0. The van der Waals surface area contributed by atoms with Gasteiger partial charge in [0.15, 0.2) is 0 Å². The number of hydrogen-bond acceptors (Lipinski definition) is 5. The van der Waals surface area contributed by atoms with Crippen LogP contribution in [-0.2, 0) is 23.8 Å². The van der Waals surface area contributed by atoms with Crippen LogP contribution in [0.3, 0.4) is 0 Å². The number of aromatic amines is 1. The van der Waals surface area contributed by atoms with Gasteiger partial charge in [-0.1, -0.05) is 60.0 Å². The quantitative estimate of drug-likeness (QED) is 0.170. The summed E-state index contributed by atoms with van der Waals surface area (Å²) in [6, 6.07) is 11.7. The number of nitrogens with zero attached hydrogens (tertiary/aromatic N) is 2. The van der Waals surface area contributed by atoms with Crippen molar-refractivity contribution in [2.75, 3.05) is 5.75 Å². The van der Waals surface area contributed by atoms with E-state index in [1.165, 1.54) is 23.9 Å². The Bertz CT molecular complexity index is 1540. The fourth-order valence-electron chi connectivity index (χ4n) is 3.87. The number of carbonyl (C=O) groups excluding carboxylic acids is 1. The van der Waals surface area contributed by atoms with E-state index in [0.29, 0.717) is 23.0 Å². The van der Waals surface area contributed by atoms with Gasteiger partial charge in [0.2, 0.25) is 11.8 Å². The Morgan fingerprint density at radius 3 is 2.60 bits per heavy atom. The van der Waals surface area contributed by atoms with E-state index in [1.807, 2.05) is 57.3 Å². The molecule has 1 amide bonds. The van der Waals surface area contributed by atoms with Gasteiger partial charge < -0.3 is 14.7 Å². The Morgan fingerprint density at radius 1 is 1.12 bits per heavy atom. The first-order valence-corrected chi connectivity index (χ1v) is 13.6. The number of nitrogens with one attached hydrogen (secondary N) is 2. The molecule has 208 valence electrons. The highest BCUT2D eigenvalue weighted by atomic mass is 32.2. The highest BCUT2D eigenvalue weighted by Crippen LogP contribution is 2.29. The molecule has 10 heteroatoms. The number of allylic oxidation sites excluding steroid dienone is 1. The lowest BCUT2D eigenvalue weighted by Crippen LogP contribution is -2.31. The van der Waals surface area contributed by atoms with Crippen molar-refractivity contribution in [2.24, 2.45) is 5.41 Å². The van der Waals surface area contributed by atoms with Crippen molar-refractivity contribution >= 4 is 28.6 Å². The molecule has 0 aliphatic heterocycles. The maximum atomic E-state index is 13.0. The Labute approximate surface area is 234 Å². The van der Waals surface area contributed by atoms with Gasteiger partial charge in [0, 0.05) is 34.7 Å². The molecule has 2 aromatic heterocycles. The summed E-state index contributed by atoms with van der Waals surface area (Å²) in [5, 5.41) is 12.6. The molecule has 0 spiro atoms. The van der Waals surface area contributed by atoms with Crippen molar-refractivity contribution in [2.45, 2.75) is 51.1 Å². The number of hydrogen-bond donors (Lipinski definition) is 2. The van der Waals surface area contributed by atoms with Gasteiger partial charge in [-0.25, -0.2) is 0 Å². The minimum atomic E-state index is -4.44. The molecular formula is C30H29F3N4O2S. The molecule has 4 aromatic rings. The van der Waals surface area contributed by atoms with Crippen LogP contribution in [0.25, 0.3) is 10.9 Å². The van der Waals surface area contributed by atoms with Crippen molar-refractivity contribution in [3.63, 3.8) is 0 Å². The zero-order valence-electron chi connectivity index (χ0n) is 22.3. The number of rotatable bonds is 9. The van der Waals surface area contributed by atoms with Gasteiger partial charge in [-0.2, -0.15) is 13.2 Å². The van der Waals surface area contributed by atoms with Crippen molar-refractivity contribution in [1.29, 1.82) is 0 Å². The van der Waals surface area contributed by atoms with E-state index in [2.05, 4.69) is 32.3 Å². The number of fused-ring (bicyclic) bond motifs is 1. The molecule has 0 radical (unpaired) electrons. The molecule has 2 N–H and O–H groups in total. The normalized spacial score (nSPS) is 12.8. The first-order chi connectivity index (χ1) is 19.0. The van der Waals surface area contributed by atoms with Gasteiger partial charge >= 0.3 is 6.18 Å². The Morgan fingerprint density at radius 2 is 1.88 bits per heavy atom. The molecule has 4 rings (SSSR count). The van der Waals surface area contributed by atoms with E-state index >= 15 is 0 Å². The first kappa shape index (κ1) is 29.0. The predicted octanol–water partition coefficient (Wildman–Crippen LogP) is 6.91. The van der Waals surface area contributed by atoms with Gasteiger partial charge in [0.25, 0.3) is 5.22 Å². The van der Waals surface area contributed by atoms with E-state index < -0.39 is 17.8 Å². The second-order valence-electron chi connectivity index (χ2n) is 10.2. The van der Waals surface area contributed by atoms with Gasteiger partial charge in [-0.3, -0.25) is 4.79 Å². The second kappa shape index (κ2) is 12.5. The summed E-state index contributed by atoms with van der Waals surface area (Å²) in [7, 11) is 0. The Hall–Kier alpha value is -3.97. The fraction of sp³-hybridized carbons (Fsp3) is 0.300. The molecule has 0 fully saturated rings. The van der Waals surface area contributed by atoms with E-state index in [9.17, 15) is 18.0 Å². The van der Waals surface area contributed by atoms with E-state index in [1.54, 1.807) is 6.08 Å². The zero-order chi connectivity index (χ0) is 28.8. The van der Waals surface area contributed by atoms with Gasteiger partial charge in [-0.05, 0) is 56.2 Å². The SMILES string of the molecule is CC(C)(C)C#CC=CCSc1nnc(C(Cc2c[nH]c3ccccc23)NC(=O)Cc2ccc(C(F)(F)F)cc2)o1. The predicted molar refractivity (Wildman–Crippen MR) is 149 cm³/mol. The molecule has 0 aliphatic carbocycles. The third-order valence-electron chi connectivity index (χ3n) is 5.75. The summed E-state index contributed by atoms with van der Waals surface area (Å²) in [4.78, 5) is 16.2. The number of para-hydroxylation sites is 1. The molecule has 1 atom stereocenters. The second-order valence-corrected chi connectivity index (χ2v) is 11.2. The minimum absolute atomic E-state index is 0.0738. The molecule has 0 saturated heterocycles. The number of benzene rings is 2. The summed E-state index contributed by atoms with van der Waals surface area (Å²) in [5.41, 5.74) is 1.52. The van der Waals surface area contributed by atoms with E-state index in [4.69, 9.17) is 4.42 Å². The Kier molecular flexibility index (Phi) is 9.05. The van der Waals surface area contributed by atoms with Gasteiger partial charge in [-0.15, -0.1) is 10.2 Å². The van der Waals surface area contributed by atoms with Crippen molar-refractivity contribution in [3.05, 3.63) is 89.5 Å². The standard InChI is InChI=1S/C30H29F3N4O2S/c1-29(2,3)15-7-4-8-16-40-28-37-36-27(39-28)25(18-21-19-34-24-10-6-5-9-23(21)24)35-26(38)17-20-11-13-22(14-12-20)30(31,32)33/h4-6,8-14,19,25,34H,16-18H2,1-3H3,(H,35,38). The van der Waals surface area contributed by atoms with Crippen LogP contribution in [0.4, 0.5) is 13.2 Å². The molecular weight excluding hydrogens is 537 g/mol. The largest absolute Gasteiger partial charge is 0.416 e. The fourth-order valence-corrected chi connectivity index (χ4v) is 4.44. The molecule has 2 aromatic carbocycles. The average Bonchev–Trinajstić information content (AvgIpc) is 3.52. The molecule has 6 nitrogen and oxygen atoms in total. The van der Waals surface area contributed by atoms with Crippen LogP contribution in [0.1, 0.15) is 49.4 Å². The van der Waals surface area contributed by atoms with Crippen LogP contribution in [-0.4, -0.2) is 26.8 Å². The maximum Gasteiger partial charge on any atom is 0.416 e. The number of H-pyrrole nitrogens is 1. The molecule has 0 bridgehead atoms. The monoisotopic (exact) mass is 566 g/mol. The van der Waals surface area contributed by atoms with E-state index in [0.717, 1.165) is 28.6 Å². The third kappa shape index (κ3) is 8.26. The lowest BCUT2D eigenvalue weighted by atomic mass is 9.98. The molecule has 0 aliphatic rings. The third-order valence-corrected chi connectivity index (χ3v) is 6.52. The van der Waals surface area contributed by atoms with Gasteiger partial charge in [0.05, 0.1) is 12.0 Å². The number of carbonyl (C=O) groups is 1. The van der Waals surface area contributed by atoms with Crippen LogP contribution in [0.5, 0.6) is 0 Å². The van der Waals surface area contributed by atoms with Crippen LogP contribution < -0.4 is 5.32 Å². The number of thioether (sulfide) groups is 1.